The minimum atomic E-state index is -0.765. The monoisotopic (exact) mass is 367 g/mol. The van der Waals surface area contributed by atoms with Crippen molar-refractivity contribution in [3.63, 3.8) is 0 Å². The molecule has 2 heterocycles. The van der Waals surface area contributed by atoms with Crippen molar-refractivity contribution in [3.05, 3.63) is 65.7 Å². The number of nitrogens with one attached hydrogen (secondary N) is 1. The van der Waals surface area contributed by atoms with E-state index in [0.717, 1.165) is 16.6 Å². The molecule has 0 saturated heterocycles. The highest BCUT2D eigenvalue weighted by atomic mass is 19.1. The standard InChI is InChI=1S/C21H22FN3O2/c1-21(2)20(26)19(25-8-7-13-5-3-4-6-15(13)22)14-11-16-17(12-18(14)27-21)24-10-9-23-16/h3-6,9-12,19-20,25-26H,7-8H2,1-2H3. The topological polar surface area (TPSA) is 67.3 Å². The van der Waals surface area contributed by atoms with E-state index in [1.165, 1.54) is 6.07 Å². The van der Waals surface area contributed by atoms with Crippen LogP contribution < -0.4 is 10.1 Å². The first kappa shape index (κ1) is 17.8. The van der Waals surface area contributed by atoms with Crippen LogP contribution in [0, 0.1) is 5.82 Å². The first-order valence-electron chi connectivity index (χ1n) is 9.04. The van der Waals surface area contributed by atoms with E-state index in [1.54, 1.807) is 24.5 Å². The Morgan fingerprint density at radius 2 is 1.85 bits per heavy atom. The Bertz CT molecular complexity index is 977. The molecule has 0 bridgehead atoms. The van der Waals surface area contributed by atoms with Crippen LogP contribution in [0.3, 0.4) is 0 Å². The maximum Gasteiger partial charge on any atom is 0.131 e. The van der Waals surface area contributed by atoms with Crippen molar-refractivity contribution in [2.45, 2.75) is 38.0 Å². The van der Waals surface area contributed by atoms with Crippen molar-refractivity contribution in [2.24, 2.45) is 0 Å². The van der Waals surface area contributed by atoms with Crippen LogP contribution in [-0.2, 0) is 6.42 Å². The summed E-state index contributed by atoms with van der Waals surface area (Å²) in [5, 5.41) is 14.2. The van der Waals surface area contributed by atoms with Gasteiger partial charge < -0.3 is 15.2 Å². The highest BCUT2D eigenvalue weighted by molar-refractivity contribution is 5.77. The lowest BCUT2D eigenvalue weighted by Gasteiger charge is -2.42. The minimum absolute atomic E-state index is 0.214. The summed E-state index contributed by atoms with van der Waals surface area (Å²) in [4.78, 5) is 8.67. The fourth-order valence-corrected chi connectivity index (χ4v) is 3.54. The second-order valence-corrected chi connectivity index (χ2v) is 7.36. The van der Waals surface area contributed by atoms with Gasteiger partial charge in [-0.1, -0.05) is 18.2 Å². The molecule has 140 valence electrons. The van der Waals surface area contributed by atoms with Crippen LogP contribution in [0.1, 0.15) is 31.0 Å². The molecule has 1 aromatic heterocycles. The predicted octanol–water partition coefficient (Wildman–Crippen LogP) is 3.17. The molecule has 5 nitrogen and oxygen atoms in total. The molecule has 27 heavy (non-hydrogen) atoms. The van der Waals surface area contributed by atoms with Gasteiger partial charge in [-0.25, -0.2) is 4.39 Å². The lowest BCUT2D eigenvalue weighted by Crippen LogP contribution is -2.52. The average Bonchev–Trinajstić information content (AvgIpc) is 2.65. The molecule has 1 aliphatic rings. The van der Waals surface area contributed by atoms with E-state index in [2.05, 4.69) is 15.3 Å². The highest BCUT2D eigenvalue weighted by Crippen LogP contribution is 2.41. The van der Waals surface area contributed by atoms with Crippen molar-refractivity contribution in [1.29, 1.82) is 0 Å². The number of aliphatic hydroxyl groups excluding tert-OH is 1. The van der Waals surface area contributed by atoms with Crippen LogP contribution in [0.4, 0.5) is 4.39 Å². The zero-order chi connectivity index (χ0) is 19.0. The quantitative estimate of drug-likeness (QED) is 0.741. The number of aliphatic hydroxyl groups is 1. The highest BCUT2D eigenvalue weighted by Gasteiger charge is 2.42. The summed E-state index contributed by atoms with van der Waals surface area (Å²) in [6.45, 7) is 4.23. The van der Waals surface area contributed by atoms with E-state index >= 15 is 0 Å². The molecule has 2 unspecified atom stereocenters. The van der Waals surface area contributed by atoms with Crippen LogP contribution in [0.25, 0.3) is 11.0 Å². The van der Waals surface area contributed by atoms with E-state index in [9.17, 15) is 9.50 Å². The molecular formula is C21H22FN3O2. The van der Waals surface area contributed by atoms with Crippen molar-refractivity contribution in [3.8, 4) is 5.75 Å². The third-order valence-corrected chi connectivity index (χ3v) is 5.05. The first-order valence-corrected chi connectivity index (χ1v) is 9.04. The van der Waals surface area contributed by atoms with Gasteiger partial charge in [0.2, 0.25) is 0 Å². The predicted molar refractivity (Wildman–Crippen MR) is 101 cm³/mol. The Kier molecular flexibility index (Phi) is 4.53. The van der Waals surface area contributed by atoms with Gasteiger partial charge in [-0.05, 0) is 44.5 Å². The average molecular weight is 367 g/mol. The summed E-state index contributed by atoms with van der Waals surface area (Å²) in [5.74, 6) is 0.468. The van der Waals surface area contributed by atoms with Gasteiger partial charge in [-0.3, -0.25) is 9.97 Å². The van der Waals surface area contributed by atoms with Crippen LogP contribution in [0.2, 0.25) is 0 Å². The fraction of sp³-hybridized carbons (Fsp3) is 0.333. The van der Waals surface area contributed by atoms with E-state index in [-0.39, 0.29) is 11.9 Å². The largest absolute Gasteiger partial charge is 0.485 e. The summed E-state index contributed by atoms with van der Waals surface area (Å²) in [5.41, 5.74) is 2.21. The van der Waals surface area contributed by atoms with Gasteiger partial charge in [0.05, 0.1) is 17.1 Å². The molecule has 4 rings (SSSR count). The zero-order valence-corrected chi connectivity index (χ0v) is 15.3. The summed E-state index contributed by atoms with van der Waals surface area (Å²) in [6, 6.07) is 10.2. The van der Waals surface area contributed by atoms with Gasteiger partial charge in [0.15, 0.2) is 0 Å². The van der Waals surface area contributed by atoms with Gasteiger partial charge in [-0.2, -0.15) is 0 Å². The third-order valence-electron chi connectivity index (χ3n) is 5.05. The van der Waals surface area contributed by atoms with Crippen LogP contribution >= 0.6 is 0 Å². The number of aromatic nitrogens is 2. The van der Waals surface area contributed by atoms with E-state index < -0.39 is 11.7 Å². The van der Waals surface area contributed by atoms with Gasteiger partial charge in [-0.15, -0.1) is 0 Å². The molecule has 0 saturated carbocycles. The van der Waals surface area contributed by atoms with Crippen LogP contribution in [0.5, 0.6) is 5.75 Å². The maximum atomic E-state index is 13.9. The van der Waals surface area contributed by atoms with Crippen molar-refractivity contribution in [2.75, 3.05) is 6.54 Å². The Morgan fingerprint density at radius 1 is 1.15 bits per heavy atom. The second kappa shape index (κ2) is 6.87. The van der Waals surface area contributed by atoms with Gasteiger partial charge in [0.25, 0.3) is 0 Å². The summed E-state index contributed by atoms with van der Waals surface area (Å²) < 4.78 is 19.9. The number of ether oxygens (including phenoxy) is 1. The molecule has 0 radical (unpaired) electrons. The third kappa shape index (κ3) is 3.38. The molecule has 2 N–H and O–H groups in total. The maximum absolute atomic E-state index is 13.9. The molecule has 0 fully saturated rings. The van der Waals surface area contributed by atoms with Crippen molar-refractivity contribution >= 4 is 11.0 Å². The zero-order valence-electron chi connectivity index (χ0n) is 15.3. The fourth-order valence-electron chi connectivity index (χ4n) is 3.54. The summed E-state index contributed by atoms with van der Waals surface area (Å²) >= 11 is 0. The molecule has 0 aliphatic carbocycles. The number of nitrogens with zero attached hydrogens (tertiary/aromatic N) is 2. The van der Waals surface area contributed by atoms with Crippen LogP contribution in [0.15, 0.2) is 48.8 Å². The SMILES string of the molecule is CC1(C)Oc2cc3nccnc3cc2C(NCCc2ccccc2F)C1O. The second-order valence-electron chi connectivity index (χ2n) is 7.36. The normalized spacial score (nSPS) is 20.9. The number of benzene rings is 2. The molecule has 0 spiro atoms. The van der Waals surface area contributed by atoms with Crippen molar-refractivity contribution in [1.82, 2.24) is 15.3 Å². The molecular weight excluding hydrogens is 345 g/mol. The molecule has 3 aromatic rings. The van der Waals surface area contributed by atoms with Gasteiger partial charge in [0, 0.05) is 24.0 Å². The molecule has 6 heteroatoms. The number of rotatable bonds is 4. The molecule has 2 atom stereocenters. The molecule has 0 amide bonds. The minimum Gasteiger partial charge on any atom is -0.485 e. The van der Waals surface area contributed by atoms with E-state index in [4.69, 9.17) is 4.74 Å². The number of halogens is 1. The number of hydrogen-bond acceptors (Lipinski definition) is 5. The van der Waals surface area contributed by atoms with E-state index in [0.29, 0.717) is 24.3 Å². The van der Waals surface area contributed by atoms with Gasteiger partial charge in [0.1, 0.15) is 23.3 Å². The van der Waals surface area contributed by atoms with Crippen LogP contribution in [-0.4, -0.2) is 33.3 Å². The lowest BCUT2D eigenvalue weighted by atomic mass is 9.86. The Labute approximate surface area is 157 Å². The number of fused-ring (bicyclic) bond motifs is 2. The smallest absolute Gasteiger partial charge is 0.131 e. The number of hydrogen-bond donors (Lipinski definition) is 2. The molecule has 1 aliphatic heterocycles. The van der Waals surface area contributed by atoms with E-state index in [1.807, 2.05) is 32.0 Å². The summed E-state index contributed by atoms with van der Waals surface area (Å²) in [7, 11) is 0. The Balaban J connectivity index is 1.63. The van der Waals surface area contributed by atoms with Crippen molar-refractivity contribution < 1.29 is 14.2 Å². The van der Waals surface area contributed by atoms with Gasteiger partial charge >= 0.3 is 0 Å². The first-order chi connectivity index (χ1) is 13.0. The Morgan fingerprint density at radius 3 is 2.59 bits per heavy atom. The summed E-state index contributed by atoms with van der Waals surface area (Å²) in [6.07, 6.45) is 3.04. The Hall–Kier alpha value is -2.57. The lowest BCUT2D eigenvalue weighted by molar-refractivity contribution is -0.0642. The molecule has 2 aromatic carbocycles.